The van der Waals surface area contributed by atoms with Gasteiger partial charge in [0.2, 0.25) is 0 Å². The molecule has 0 rings (SSSR count). The maximum absolute atomic E-state index is 12.7. The first-order chi connectivity index (χ1) is 28.0. The molecule has 0 saturated carbocycles. The highest BCUT2D eigenvalue weighted by molar-refractivity contribution is 7.47. The Kier molecular flexibility index (Phi) is 39.4. The van der Waals surface area contributed by atoms with Crippen molar-refractivity contribution in [3.8, 4) is 0 Å². The quantitative estimate of drug-likeness (QED) is 0.0213. The van der Waals surface area contributed by atoms with Crippen molar-refractivity contribution in [2.45, 2.75) is 213 Å². The number of ether oxygens (including phenoxy) is 2. The number of phosphoric ester groups is 1. The van der Waals surface area contributed by atoms with E-state index in [0.29, 0.717) is 17.4 Å². The van der Waals surface area contributed by atoms with Gasteiger partial charge in [-0.15, -0.1) is 0 Å². The summed E-state index contributed by atoms with van der Waals surface area (Å²) in [6.07, 6.45) is 46.3. The van der Waals surface area contributed by atoms with E-state index in [0.717, 1.165) is 51.4 Å². The van der Waals surface area contributed by atoms with Crippen LogP contribution in [0.5, 0.6) is 0 Å². The van der Waals surface area contributed by atoms with Gasteiger partial charge >= 0.3 is 19.8 Å². The molecule has 0 fully saturated rings. The van der Waals surface area contributed by atoms with E-state index in [1.54, 1.807) is 0 Å². The molecule has 0 radical (unpaired) electrons. The molecule has 340 valence electrons. The Morgan fingerprint density at radius 1 is 0.534 bits per heavy atom. The molecule has 0 saturated heterocycles. The van der Waals surface area contributed by atoms with Crippen molar-refractivity contribution in [2.24, 2.45) is 0 Å². The molecule has 0 spiro atoms. The van der Waals surface area contributed by atoms with Crippen LogP contribution in [0.1, 0.15) is 206 Å². The summed E-state index contributed by atoms with van der Waals surface area (Å²) in [5.41, 5.74) is 0. The summed E-state index contributed by atoms with van der Waals surface area (Å²) in [6.45, 7) is 4.38. The van der Waals surface area contributed by atoms with Gasteiger partial charge in [0.1, 0.15) is 19.8 Å². The number of esters is 2. The Morgan fingerprint density at radius 2 is 0.948 bits per heavy atom. The summed E-state index contributed by atoms with van der Waals surface area (Å²) in [6, 6.07) is 0. The van der Waals surface area contributed by atoms with E-state index in [1.807, 2.05) is 21.1 Å². The van der Waals surface area contributed by atoms with Crippen LogP contribution in [-0.2, 0) is 32.7 Å². The van der Waals surface area contributed by atoms with E-state index in [9.17, 15) is 19.0 Å². The normalized spacial score (nSPS) is 13.8. The van der Waals surface area contributed by atoms with Crippen LogP contribution in [0.2, 0.25) is 0 Å². The second-order valence-electron chi connectivity index (χ2n) is 17.1. The van der Waals surface area contributed by atoms with E-state index in [4.69, 9.17) is 18.5 Å². The van der Waals surface area contributed by atoms with Gasteiger partial charge in [0.15, 0.2) is 6.10 Å². The fourth-order valence-electron chi connectivity index (χ4n) is 6.40. The number of carbonyl (C=O) groups excluding carboxylic acids is 2. The van der Waals surface area contributed by atoms with Crippen molar-refractivity contribution in [3.05, 3.63) is 36.5 Å². The number of nitrogens with zero attached hydrogens (tertiary/aromatic N) is 1. The van der Waals surface area contributed by atoms with E-state index in [-0.39, 0.29) is 32.0 Å². The molecule has 0 aliphatic carbocycles. The third kappa shape index (κ3) is 43.8. The number of quaternary nitrogens is 1. The molecule has 2 atom stereocenters. The second-order valence-corrected chi connectivity index (χ2v) is 18.6. The van der Waals surface area contributed by atoms with Gasteiger partial charge < -0.3 is 18.9 Å². The van der Waals surface area contributed by atoms with Crippen molar-refractivity contribution in [1.29, 1.82) is 0 Å². The fraction of sp³-hybridized carbons (Fsp3) is 0.833. The predicted molar refractivity (Wildman–Crippen MR) is 243 cm³/mol. The van der Waals surface area contributed by atoms with E-state index < -0.39 is 26.5 Å². The van der Waals surface area contributed by atoms with Crippen LogP contribution in [0, 0.1) is 0 Å². The van der Waals surface area contributed by atoms with Crippen molar-refractivity contribution < 1.29 is 42.1 Å². The van der Waals surface area contributed by atoms with Gasteiger partial charge in [0.05, 0.1) is 27.7 Å². The van der Waals surface area contributed by atoms with Crippen LogP contribution in [0.15, 0.2) is 36.5 Å². The van der Waals surface area contributed by atoms with Gasteiger partial charge in [0.25, 0.3) is 0 Å². The smallest absolute Gasteiger partial charge is 0.462 e. The molecule has 0 heterocycles. The molecule has 1 N–H and O–H groups in total. The lowest BCUT2D eigenvalue weighted by Crippen LogP contribution is -2.37. The van der Waals surface area contributed by atoms with Gasteiger partial charge in [-0.1, -0.05) is 166 Å². The van der Waals surface area contributed by atoms with Crippen molar-refractivity contribution in [2.75, 3.05) is 47.5 Å². The van der Waals surface area contributed by atoms with E-state index in [1.165, 1.54) is 122 Å². The molecule has 0 aliphatic heterocycles. The highest BCUT2D eigenvalue weighted by Gasteiger charge is 2.27. The zero-order chi connectivity index (χ0) is 42.8. The molecule has 58 heavy (non-hydrogen) atoms. The SMILES string of the molecule is CCCCCCCC/C=C/CCCCCCCCCC(=O)OC[C@H](COP(=O)(O)OCC[N+](C)(C)C)OC(=O)CCC/C=C/C/C=C/CCCCCCCCCCC. The first kappa shape index (κ1) is 56.2. The molecule has 0 bridgehead atoms. The van der Waals surface area contributed by atoms with E-state index in [2.05, 4.69) is 50.3 Å². The average molecular weight is 841 g/mol. The molecular weight excluding hydrogens is 750 g/mol. The fourth-order valence-corrected chi connectivity index (χ4v) is 7.14. The molecule has 9 nitrogen and oxygen atoms in total. The monoisotopic (exact) mass is 841 g/mol. The number of likely N-dealkylation sites (N-methyl/N-ethyl adjacent to an activating group) is 1. The lowest BCUT2D eigenvalue weighted by Gasteiger charge is -2.24. The van der Waals surface area contributed by atoms with Crippen LogP contribution in [0.3, 0.4) is 0 Å². The van der Waals surface area contributed by atoms with Gasteiger partial charge in [0, 0.05) is 12.8 Å². The number of carbonyl (C=O) groups is 2. The lowest BCUT2D eigenvalue weighted by atomic mass is 10.1. The average Bonchev–Trinajstić information content (AvgIpc) is 3.17. The largest absolute Gasteiger partial charge is 0.472 e. The van der Waals surface area contributed by atoms with Crippen LogP contribution in [0.4, 0.5) is 0 Å². The Hall–Kier alpha value is -1.77. The van der Waals surface area contributed by atoms with Crippen molar-refractivity contribution >= 4 is 19.8 Å². The van der Waals surface area contributed by atoms with Crippen molar-refractivity contribution in [3.63, 3.8) is 0 Å². The highest BCUT2D eigenvalue weighted by atomic mass is 31.2. The Bertz CT molecular complexity index is 1090. The first-order valence-corrected chi connectivity index (χ1v) is 25.2. The molecule has 0 amide bonds. The van der Waals surface area contributed by atoms with Crippen molar-refractivity contribution in [1.82, 2.24) is 0 Å². The number of allylic oxidation sites excluding steroid dienone is 6. The highest BCUT2D eigenvalue weighted by Crippen LogP contribution is 2.43. The zero-order valence-corrected chi connectivity index (χ0v) is 39.2. The molecular formula is C48H91NO8P+. The summed E-state index contributed by atoms with van der Waals surface area (Å²) in [5, 5.41) is 0. The summed E-state index contributed by atoms with van der Waals surface area (Å²) < 4.78 is 34.3. The summed E-state index contributed by atoms with van der Waals surface area (Å²) in [4.78, 5) is 35.4. The minimum Gasteiger partial charge on any atom is -0.462 e. The standard InChI is InChI=1S/C48H90NO8P/c1-6-8-10-12-14-16-18-20-22-24-26-28-30-32-34-36-38-40-47(50)54-44-46(45-56-58(52,53)55-43-42-49(3,4)5)57-48(51)41-39-37-35-33-31-29-27-25-23-21-19-17-15-13-11-9-7-2/h20,22,27,29,33,35,46H,6-19,21,23-26,28,30-32,34,36-45H2,1-5H3/p+1/b22-20+,29-27+,35-33+/t46-/m1/s1. The second kappa shape index (κ2) is 40.6. The van der Waals surface area contributed by atoms with Crippen LogP contribution in [0.25, 0.3) is 0 Å². The van der Waals surface area contributed by atoms with Gasteiger partial charge in [-0.25, -0.2) is 4.57 Å². The third-order valence-electron chi connectivity index (χ3n) is 10.1. The minimum absolute atomic E-state index is 0.0238. The van der Waals surface area contributed by atoms with Gasteiger partial charge in [-0.2, -0.15) is 0 Å². The minimum atomic E-state index is -4.39. The van der Waals surface area contributed by atoms with Crippen LogP contribution < -0.4 is 0 Å². The topological polar surface area (TPSA) is 108 Å². The Morgan fingerprint density at radius 3 is 1.43 bits per heavy atom. The maximum atomic E-state index is 12.7. The molecule has 0 aromatic heterocycles. The predicted octanol–water partition coefficient (Wildman–Crippen LogP) is 13.7. The third-order valence-corrected chi connectivity index (χ3v) is 11.1. The molecule has 0 aromatic carbocycles. The number of unbranched alkanes of at least 4 members (excludes halogenated alkanes) is 23. The summed E-state index contributed by atoms with van der Waals surface area (Å²) in [5.74, 6) is -0.852. The summed E-state index contributed by atoms with van der Waals surface area (Å²) >= 11 is 0. The molecule has 10 heteroatoms. The number of rotatable bonds is 43. The first-order valence-electron chi connectivity index (χ1n) is 23.7. The Labute approximate surface area is 357 Å². The zero-order valence-electron chi connectivity index (χ0n) is 38.3. The van der Waals surface area contributed by atoms with E-state index >= 15 is 0 Å². The molecule has 0 aromatic rings. The van der Waals surface area contributed by atoms with Crippen LogP contribution in [-0.4, -0.2) is 74.9 Å². The lowest BCUT2D eigenvalue weighted by molar-refractivity contribution is -0.870. The molecule has 0 aliphatic rings. The number of hydrogen-bond donors (Lipinski definition) is 1. The number of phosphoric acid groups is 1. The van der Waals surface area contributed by atoms with Gasteiger partial charge in [-0.05, 0) is 64.2 Å². The molecule has 1 unspecified atom stereocenters. The maximum Gasteiger partial charge on any atom is 0.472 e. The van der Waals surface area contributed by atoms with Gasteiger partial charge in [-0.3, -0.25) is 18.6 Å². The number of hydrogen-bond acceptors (Lipinski definition) is 7. The Balaban J connectivity index is 4.37. The van der Waals surface area contributed by atoms with Crippen LogP contribution >= 0.6 is 7.82 Å². The summed E-state index contributed by atoms with van der Waals surface area (Å²) in [7, 11) is 1.45.